The molecule has 6 nitrogen and oxygen atoms in total. The molecule has 23 heavy (non-hydrogen) atoms. The zero-order chi connectivity index (χ0) is 16.7. The van der Waals surface area contributed by atoms with Crippen LogP contribution in [-0.2, 0) is 4.79 Å². The summed E-state index contributed by atoms with van der Waals surface area (Å²) in [5, 5.41) is 15.7. The summed E-state index contributed by atoms with van der Waals surface area (Å²) in [7, 11) is 0. The molecule has 0 heterocycles. The molecule has 0 aromatic heterocycles. The van der Waals surface area contributed by atoms with Crippen molar-refractivity contribution >= 4 is 17.3 Å². The highest BCUT2D eigenvalue weighted by molar-refractivity contribution is 5.92. The molecule has 1 amide bonds. The standard InChI is InChI=1S/C17H25N3O3/c1-13-11-15(20(22)23)9-10-16(13)19-17(21)12-18-14-7-5-3-2-4-6-8-14/h9-11,14,18H,2-8,12H2,1H3,(H,19,21)/p+1. The van der Waals surface area contributed by atoms with E-state index >= 15 is 0 Å². The lowest BCUT2D eigenvalue weighted by atomic mass is 9.97. The van der Waals surface area contributed by atoms with Gasteiger partial charge < -0.3 is 10.6 Å². The van der Waals surface area contributed by atoms with Crippen molar-refractivity contribution in [1.29, 1.82) is 0 Å². The van der Waals surface area contributed by atoms with E-state index in [9.17, 15) is 14.9 Å². The Morgan fingerprint density at radius 1 is 1.26 bits per heavy atom. The Morgan fingerprint density at radius 3 is 2.52 bits per heavy atom. The van der Waals surface area contributed by atoms with E-state index in [2.05, 4.69) is 10.6 Å². The first-order valence-electron chi connectivity index (χ1n) is 8.44. The zero-order valence-corrected chi connectivity index (χ0v) is 13.7. The van der Waals surface area contributed by atoms with Crippen molar-refractivity contribution in [1.82, 2.24) is 0 Å². The Balaban J connectivity index is 1.83. The van der Waals surface area contributed by atoms with Crippen molar-refractivity contribution in [3.8, 4) is 0 Å². The van der Waals surface area contributed by atoms with Crippen LogP contribution in [0.4, 0.5) is 11.4 Å². The highest BCUT2D eigenvalue weighted by Gasteiger charge is 2.16. The fourth-order valence-electron chi connectivity index (χ4n) is 3.10. The lowest BCUT2D eigenvalue weighted by Gasteiger charge is -2.18. The number of hydrogen-bond donors (Lipinski definition) is 2. The quantitative estimate of drug-likeness (QED) is 0.645. The Kier molecular flexibility index (Phi) is 6.52. The van der Waals surface area contributed by atoms with Crippen LogP contribution >= 0.6 is 0 Å². The first-order chi connectivity index (χ1) is 11.1. The van der Waals surface area contributed by atoms with Crippen molar-refractivity contribution in [3.63, 3.8) is 0 Å². The highest BCUT2D eigenvalue weighted by atomic mass is 16.6. The summed E-state index contributed by atoms with van der Waals surface area (Å²) in [6, 6.07) is 5.04. The number of nitrogens with zero attached hydrogens (tertiary/aromatic N) is 1. The number of nitro benzene ring substituents is 1. The van der Waals surface area contributed by atoms with Gasteiger partial charge in [0.05, 0.1) is 11.0 Å². The summed E-state index contributed by atoms with van der Waals surface area (Å²) in [5.74, 6) is -0.0518. The predicted molar refractivity (Wildman–Crippen MR) is 89.4 cm³/mol. The average molecular weight is 320 g/mol. The molecule has 0 spiro atoms. The van der Waals surface area contributed by atoms with Gasteiger partial charge in [0.2, 0.25) is 0 Å². The number of nitrogens with one attached hydrogen (secondary N) is 1. The summed E-state index contributed by atoms with van der Waals surface area (Å²) < 4.78 is 0. The van der Waals surface area contributed by atoms with Crippen molar-refractivity contribution in [2.75, 3.05) is 11.9 Å². The number of carbonyl (C=O) groups excluding carboxylic acids is 1. The molecule has 1 aliphatic rings. The van der Waals surface area contributed by atoms with E-state index in [1.807, 2.05) is 0 Å². The SMILES string of the molecule is Cc1cc([N+](=O)[O-])ccc1NC(=O)C[NH2+]C1CCCCCCC1. The first kappa shape index (κ1) is 17.4. The minimum absolute atomic E-state index is 0.0431. The van der Waals surface area contributed by atoms with Crippen LogP contribution in [0.3, 0.4) is 0 Å². The van der Waals surface area contributed by atoms with Crippen molar-refractivity contribution in [3.05, 3.63) is 33.9 Å². The van der Waals surface area contributed by atoms with Crippen LogP contribution in [0.15, 0.2) is 18.2 Å². The lowest BCUT2D eigenvalue weighted by Crippen LogP contribution is -2.91. The number of carbonyl (C=O) groups is 1. The maximum absolute atomic E-state index is 12.1. The van der Waals surface area contributed by atoms with Crippen molar-refractivity contribution in [2.24, 2.45) is 0 Å². The molecule has 126 valence electrons. The predicted octanol–water partition coefficient (Wildman–Crippen LogP) is 2.52. The van der Waals surface area contributed by atoms with Gasteiger partial charge in [0.25, 0.3) is 11.6 Å². The van der Waals surface area contributed by atoms with Gasteiger partial charge in [0.15, 0.2) is 6.54 Å². The number of nitro groups is 1. The second-order valence-electron chi connectivity index (χ2n) is 6.35. The summed E-state index contributed by atoms with van der Waals surface area (Å²) in [4.78, 5) is 22.4. The van der Waals surface area contributed by atoms with Crippen molar-refractivity contribution in [2.45, 2.75) is 57.9 Å². The number of non-ortho nitro benzene ring substituents is 1. The number of aryl methyl sites for hydroxylation is 1. The third kappa shape index (κ3) is 5.63. The van der Waals surface area contributed by atoms with Crippen molar-refractivity contribution < 1.29 is 15.0 Å². The van der Waals surface area contributed by atoms with Gasteiger partial charge >= 0.3 is 0 Å². The molecule has 0 bridgehead atoms. The maximum Gasteiger partial charge on any atom is 0.279 e. The monoisotopic (exact) mass is 320 g/mol. The Bertz CT molecular complexity index is 552. The molecule has 0 aliphatic heterocycles. The summed E-state index contributed by atoms with van der Waals surface area (Å²) in [6.45, 7) is 2.17. The molecule has 1 saturated carbocycles. The molecule has 0 atom stereocenters. The number of anilines is 1. The van der Waals surface area contributed by atoms with Gasteiger partial charge in [-0.2, -0.15) is 0 Å². The molecule has 0 saturated heterocycles. The van der Waals surface area contributed by atoms with Crippen LogP contribution in [0.25, 0.3) is 0 Å². The fourth-order valence-corrected chi connectivity index (χ4v) is 3.10. The summed E-state index contributed by atoms with van der Waals surface area (Å²) >= 11 is 0. The first-order valence-corrected chi connectivity index (χ1v) is 8.44. The Labute approximate surface area is 136 Å². The second kappa shape index (κ2) is 8.62. The topological polar surface area (TPSA) is 88.9 Å². The smallest absolute Gasteiger partial charge is 0.279 e. The van der Waals surface area contributed by atoms with Gasteiger partial charge in [0, 0.05) is 17.8 Å². The Morgan fingerprint density at radius 2 is 1.91 bits per heavy atom. The van der Waals surface area contributed by atoms with Crippen LogP contribution in [-0.4, -0.2) is 23.4 Å². The normalized spacial score (nSPS) is 16.4. The lowest BCUT2D eigenvalue weighted by molar-refractivity contribution is -0.680. The van der Waals surface area contributed by atoms with Crippen LogP contribution in [0.1, 0.15) is 50.5 Å². The van der Waals surface area contributed by atoms with E-state index in [1.54, 1.807) is 13.0 Å². The second-order valence-corrected chi connectivity index (χ2v) is 6.35. The van der Waals surface area contributed by atoms with E-state index in [-0.39, 0.29) is 11.6 Å². The van der Waals surface area contributed by atoms with E-state index in [0.717, 1.165) is 0 Å². The molecule has 0 radical (unpaired) electrons. The molecule has 1 fully saturated rings. The number of rotatable bonds is 5. The van der Waals surface area contributed by atoms with Gasteiger partial charge in [0.1, 0.15) is 0 Å². The number of amides is 1. The number of nitrogens with two attached hydrogens (primary N) is 1. The number of hydrogen-bond acceptors (Lipinski definition) is 3. The van der Waals surface area contributed by atoms with E-state index < -0.39 is 4.92 Å². The summed E-state index contributed by atoms with van der Waals surface area (Å²) in [6.07, 6.45) is 8.83. The van der Waals surface area contributed by atoms with Crippen LogP contribution in [0, 0.1) is 17.0 Å². The largest absolute Gasteiger partial charge is 0.336 e. The molecular weight excluding hydrogens is 294 g/mol. The highest BCUT2D eigenvalue weighted by Crippen LogP contribution is 2.21. The molecule has 1 aliphatic carbocycles. The molecule has 6 heteroatoms. The third-order valence-electron chi connectivity index (χ3n) is 4.48. The van der Waals surface area contributed by atoms with Gasteiger partial charge in [-0.3, -0.25) is 14.9 Å². The van der Waals surface area contributed by atoms with Crippen LogP contribution < -0.4 is 10.6 Å². The van der Waals surface area contributed by atoms with E-state index in [4.69, 9.17) is 0 Å². The molecular formula is C17H26N3O3+. The minimum atomic E-state index is -0.430. The van der Waals surface area contributed by atoms with Crippen LogP contribution in [0.5, 0.6) is 0 Å². The van der Waals surface area contributed by atoms with Gasteiger partial charge in [-0.25, -0.2) is 0 Å². The van der Waals surface area contributed by atoms with Gasteiger partial charge in [-0.15, -0.1) is 0 Å². The number of benzene rings is 1. The Hall–Kier alpha value is -1.95. The molecule has 3 N–H and O–H groups in total. The van der Waals surface area contributed by atoms with E-state index in [0.29, 0.717) is 23.8 Å². The third-order valence-corrected chi connectivity index (χ3v) is 4.48. The average Bonchev–Trinajstić information content (AvgIpc) is 2.48. The zero-order valence-electron chi connectivity index (χ0n) is 13.7. The molecule has 0 unspecified atom stereocenters. The van der Waals surface area contributed by atoms with Crippen LogP contribution in [0.2, 0.25) is 0 Å². The molecule has 1 aromatic rings. The molecule has 2 rings (SSSR count). The number of quaternary nitrogens is 1. The van der Waals surface area contributed by atoms with Gasteiger partial charge in [-0.1, -0.05) is 19.3 Å². The molecule has 1 aromatic carbocycles. The van der Waals surface area contributed by atoms with E-state index in [1.165, 1.54) is 57.1 Å². The van der Waals surface area contributed by atoms with Gasteiger partial charge in [-0.05, 0) is 44.2 Å². The fraction of sp³-hybridized carbons (Fsp3) is 0.588. The maximum atomic E-state index is 12.1. The minimum Gasteiger partial charge on any atom is -0.336 e. The summed E-state index contributed by atoms with van der Waals surface area (Å²) in [5.41, 5.74) is 1.40.